The zero-order chi connectivity index (χ0) is 16.1. The van der Waals surface area contributed by atoms with E-state index in [-0.39, 0.29) is 11.4 Å². The molecule has 2 heterocycles. The topological polar surface area (TPSA) is 76.4 Å². The number of aromatic nitrogens is 1. The fraction of sp³-hybridized carbons (Fsp3) is 0.412. The lowest BCUT2D eigenvalue weighted by molar-refractivity contribution is 0.0508. The molecule has 1 saturated heterocycles. The van der Waals surface area contributed by atoms with Gasteiger partial charge in [-0.2, -0.15) is 0 Å². The highest BCUT2D eigenvalue weighted by Gasteiger charge is 2.34. The average molecular weight is 315 g/mol. The number of carbonyl (C=O) groups excluding carboxylic acids is 1. The van der Waals surface area contributed by atoms with E-state index in [0.29, 0.717) is 31.3 Å². The van der Waals surface area contributed by atoms with Crippen LogP contribution < -0.4 is 10.6 Å². The van der Waals surface area contributed by atoms with Gasteiger partial charge in [-0.3, -0.25) is 5.32 Å². The minimum Gasteiger partial charge on any atom is -0.381 e. The number of nitrogens with zero attached hydrogens (tertiary/aromatic N) is 1. The maximum absolute atomic E-state index is 12.1. The molecule has 2 N–H and O–H groups in total. The molecule has 0 atom stereocenters. The summed E-state index contributed by atoms with van der Waals surface area (Å²) in [6.45, 7) is 3.76. The lowest BCUT2D eigenvalue weighted by atomic mass is 9.74. The van der Waals surface area contributed by atoms with Gasteiger partial charge in [-0.15, -0.1) is 0 Å². The van der Waals surface area contributed by atoms with Crippen LogP contribution in [0.2, 0.25) is 0 Å². The Balaban J connectivity index is 1.66. The number of hydrogen-bond donors (Lipinski definition) is 2. The van der Waals surface area contributed by atoms with Crippen molar-refractivity contribution in [2.24, 2.45) is 0 Å². The molecule has 2 aromatic rings. The molecule has 0 unspecified atom stereocenters. The van der Waals surface area contributed by atoms with Crippen molar-refractivity contribution in [3.63, 3.8) is 0 Å². The summed E-state index contributed by atoms with van der Waals surface area (Å²) in [6, 6.07) is 11.7. The molecule has 3 rings (SSSR count). The highest BCUT2D eigenvalue weighted by Crippen LogP contribution is 2.34. The summed E-state index contributed by atoms with van der Waals surface area (Å²) in [7, 11) is 0. The molecular formula is C17H21N3O3. The van der Waals surface area contributed by atoms with Gasteiger partial charge >= 0.3 is 6.03 Å². The molecule has 6 nitrogen and oxygen atoms in total. The summed E-state index contributed by atoms with van der Waals surface area (Å²) in [5.74, 6) is 1.08. The molecule has 1 aromatic heterocycles. The highest BCUT2D eigenvalue weighted by molar-refractivity contribution is 5.88. The quantitative estimate of drug-likeness (QED) is 0.909. The second kappa shape index (κ2) is 6.83. The lowest BCUT2D eigenvalue weighted by Crippen LogP contribution is -2.45. The molecule has 1 aromatic carbocycles. The average Bonchev–Trinajstić information content (AvgIpc) is 2.99. The molecule has 1 aliphatic heterocycles. The van der Waals surface area contributed by atoms with Gasteiger partial charge in [0.25, 0.3) is 0 Å². The van der Waals surface area contributed by atoms with Crippen molar-refractivity contribution in [3.05, 3.63) is 47.7 Å². The molecule has 2 amide bonds. The van der Waals surface area contributed by atoms with Gasteiger partial charge in [0, 0.05) is 31.2 Å². The Labute approximate surface area is 135 Å². The van der Waals surface area contributed by atoms with E-state index in [0.717, 1.165) is 12.8 Å². The summed E-state index contributed by atoms with van der Waals surface area (Å²) >= 11 is 0. The fourth-order valence-electron chi connectivity index (χ4n) is 2.96. The number of ether oxygens (including phenoxy) is 1. The molecule has 1 fully saturated rings. The third-order valence-electron chi connectivity index (χ3n) is 4.29. The van der Waals surface area contributed by atoms with Crippen LogP contribution in [0.25, 0.3) is 0 Å². The van der Waals surface area contributed by atoms with Gasteiger partial charge in [-0.25, -0.2) is 4.79 Å². The summed E-state index contributed by atoms with van der Waals surface area (Å²) in [6.07, 6.45) is 1.78. The van der Waals surface area contributed by atoms with Crippen LogP contribution in [0, 0.1) is 6.92 Å². The highest BCUT2D eigenvalue weighted by atomic mass is 16.5. The van der Waals surface area contributed by atoms with Gasteiger partial charge < -0.3 is 14.6 Å². The number of hydrogen-bond acceptors (Lipinski definition) is 4. The number of nitrogens with one attached hydrogen (secondary N) is 2. The molecule has 122 valence electrons. The number of rotatable bonds is 4. The zero-order valence-electron chi connectivity index (χ0n) is 13.2. The van der Waals surface area contributed by atoms with Crippen LogP contribution in [0.4, 0.5) is 10.6 Å². The Morgan fingerprint density at radius 2 is 2.00 bits per heavy atom. The van der Waals surface area contributed by atoms with Gasteiger partial charge in [0.2, 0.25) is 0 Å². The van der Waals surface area contributed by atoms with Crippen molar-refractivity contribution < 1.29 is 14.1 Å². The Kier molecular flexibility index (Phi) is 4.62. The van der Waals surface area contributed by atoms with E-state index in [1.807, 2.05) is 18.2 Å². The number of aryl methyl sites for hydroxylation is 1. The van der Waals surface area contributed by atoms with E-state index in [4.69, 9.17) is 9.26 Å². The zero-order valence-corrected chi connectivity index (χ0v) is 13.2. The van der Waals surface area contributed by atoms with Gasteiger partial charge in [0.15, 0.2) is 5.82 Å². The Morgan fingerprint density at radius 1 is 1.26 bits per heavy atom. The first kappa shape index (κ1) is 15.6. The molecule has 0 saturated carbocycles. The predicted octanol–water partition coefficient (Wildman–Crippen LogP) is 2.85. The van der Waals surface area contributed by atoms with Crippen LogP contribution in [-0.2, 0) is 10.2 Å². The Hall–Kier alpha value is -2.34. The predicted molar refractivity (Wildman–Crippen MR) is 86.4 cm³/mol. The second-order valence-electron chi connectivity index (χ2n) is 5.89. The van der Waals surface area contributed by atoms with E-state index < -0.39 is 0 Å². The molecule has 0 radical (unpaired) electrons. The maximum Gasteiger partial charge on any atom is 0.320 e. The summed E-state index contributed by atoms with van der Waals surface area (Å²) in [5, 5.41) is 9.41. The van der Waals surface area contributed by atoms with Crippen molar-refractivity contribution in [3.8, 4) is 0 Å². The van der Waals surface area contributed by atoms with Gasteiger partial charge in [0.05, 0.1) is 0 Å². The van der Waals surface area contributed by atoms with Crippen LogP contribution in [-0.4, -0.2) is 30.9 Å². The van der Waals surface area contributed by atoms with Crippen LogP contribution >= 0.6 is 0 Å². The SMILES string of the molecule is Cc1cc(NC(=O)NCC2(c3ccccc3)CCOCC2)no1. The van der Waals surface area contributed by atoms with E-state index in [9.17, 15) is 4.79 Å². The fourth-order valence-corrected chi connectivity index (χ4v) is 2.96. The van der Waals surface area contributed by atoms with Crippen LogP contribution in [0.15, 0.2) is 40.9 Å². The summed E-state index contributed by atoms with van der Waals surface area (Å²) in [4.78, 5) is 12.1. The molecule has 0 aliphatic carbocycles. The first-order valence-corrected chi connectivity index (χ1v) is 7.79. The number of carbonyl (C=O) groups is 1. The number of anilines is 1. The minimum absolute atomic E-state index is 0.0867. The molecule has 1 aliphatic rings. The van der Waals surface area contributed by atoms with Gasteiger partial charge in [-0.05, 0) is 25.3 Å². The monoisotopic (exact) mass is 315 g/mol. The summed E-state index contributed by atoms with van der Waals surface area (Å²) < 4.78 is 10.4. The minimum atomic E-state index is -0.278. The molecular weight excluding hydrogens is 294 g/mol. The molecule has 6 heteroatoms. The van der Waals surface area contributed by atoms with Crippen molar-refractivity contribution in [1.29, 1.82) is 0 Å². The number of amides is 2. The molecule has 0 bridgehead atoms. The van der Waals surface area contributed by atoms with E-state index in [1.165, 1.54) is 5.56 Å². The second-order valence-corrected chi connectivity index (χ2v) is 5.89. The van der Waals surface area contributed by atoms with Crippen LogP contribution in [0.5, 0.6) is 0 Å². The van der Waals surface area contributed by atoms with Crippen molar-refractivity contribution in [2.75, 3.05) is 25.1 Å². The van der Waals surface area contributed by atoms with Gasteiger partial charge in [0.1, 0.15) is 5.76 Å². The van der Waals surface area contributed by atoms with Crippen LogP contribution in [0.1, 0.15) is 24.2 Å². The van der Waals surface area contributed by atoms with Crippen molar-refractivity contribution >= 4 is 11.8 Å². The van der Waals surface area contributed by atoms with Crippen molar-refractivity contribution in [1.82, 2.24) is 10.5 Å². The number of urea groups is 1. The molecule has 0 spiro atoms. The van der Waals surface area contributed by atoms with E-state index >= 15 is 0 Å². The number of benzene rings is 1. The summed E-state index contributed by atoms with van der Waals surface area (Å²) in [5.41, 5.74) is 1.15. The van der Waals surface area contributed by atoms with E-state index in [2.05, 4.69) is 27.9 Å². The van der Waals surface area contributed by atoms with E-state index in [1.54, 1.807) is 13.0 Å². The first-order valence-electron chi connectivity index (χ1n) is 7.79. The smallest absolute Gasteiger partial charge is 0.320 e. The third kappa shape index (κ3) is 3.71. The van der Waals surface area contributed by atoms with Crippen molar-refractivity contribution in [2.45, 2.75) is 25.2 Å². The maximum atomic E-state index is 12.1. The van der Waals surface area contributed by atoms with Gasteiger partial charge in [-0.1, -0.05) is 35.5 Å². The standard InChI is InChI=1S/C17H21N3O3/c1-13-11-15(20-23-13)19-16(21)18-12-17(7-9-22-10-8-17)14-5-3-2-4-6-14/h2-6,11H,7-10,12H2,1H3,(H2,18,19,20,21). The third-order valence-corrected chi connectivity index (χ3v) is 4.29. The van der Waals surface area contributed by atoms with Crippen LogP contribution in [0.3, 0.4) is 0 Å². The first-order chi connectivity index (χ1) is 11.2. The largest absolute Gasteiger partial charge is 0.381 e. The Bertz CT molecular complexity index is 648. The lowest BCUT2D eigenvalue weighted by Gasteiger charge is -2.37. The Morgan fingerprint density at radius 3 is 2.65 bits per heavy atom. The molecule has 23 heavy (non-hydrogen) atoms. The normalized spacial score (nSPS) is 16.7.